The molecule has 0 spiro atoms. The Hall–Kier alpha value is -0.0800. The average molecular weight is 85.1 g/mol. The fourth-order valence-electron chi connectivity index (χ4n) is 0.386. The molecule has 0 unspecified atom stereocenters. The Morgan fingerprint density at radius 3 is 2.83 bits per heavy atom. The Morgan fingerprint density at radius 1 is 1.67 bits per heavy atom. The topological polar surface area (TPSA) is 21.3 Å². The van der Waals surface area contributed by atoms with Crippen molar-refractivity contribution in [1.82, 2.24) is 5.32 Å². The summed E-state index contributed by atoms with van der Waals surface area (Å²) in [5.41, 5.74) is 0. The molecule has 2 heteroatoms. The molecule has 1 rings (SSSR count). The fraction of sp³-hybridized carbons (Fsp3) is 0.750. The van der Waals surface area contributed by atoms with Crippen molar-refractivity contribution in [1.29, 1.82) is 0 Å². The average Bonchev–Trinajstić information content (AvgIpc) is 1.72. The van der Waals surface area contributed by atoms with Crippen molar-refractivity contribution in [3.8, 4) is 0 Å². The van der Waals surface area contributed by atoms with Crippen molar-refractivity contribution in [3.05, 3.63) is 6.54 Å². The van der Waals surface area contributed by atoms with Crippen LogP contribution in [0.5, 0.6) is 0 Å². The third-order valence-corrected chi connectivity index (χ3v) is 0.671. The summed E-state index contributed by atoms with van der Waals surface area (Å²) in [4.78, 5) is 0. The van der Waals surface area contributed by atoms with Gasteiger partial charge in [-0.05, 0) is 6.42 Å². The molecular formula is C4H7NO. The van der Waals surface area contributed by atoms with Gasteiger partial charge >= 0.3 is 0 Å². The van der Waals surface area contributed by atoms with Gasteiger partial charge in [0.25, 0.3) is 0 Å². The van der Waals surface area contributed by atoms with Gasteiger partial charge in [-0.3, -0.25) is 5.32 Å². The second-order valence-corrected chi connectivity index (χ2v) is 1.16. The summed E-state index contributed by atoms with van der Waals surface area (Å²) in [7, 11) is 0. The molecule has 0 aromatic rings. The summed E-state index contributed by atoms with van der Waals surface area (Å²) in [5.74, 6) is 0. The number of nitrogens with one attached hydrogen (secondary N) is 1. The molecule has 2 nitrogen and oxygen atoms in total. The van der Waals surface area contributed by atoms with Crippen LogP contribution < -0.4 is 5.32 Å². The third-order valence-electron chi connectivity index (χ3n) is 0.671. The molecule has 1 N–H and O–H groups in total. The Bertz CT molecular complexity index is 23.0. The first kappa shape index (κ1) is 4.09. The maximum Gasteiger partial charge on any atom is 0.0970 e. The van der Waals surface area contributed by atoms with Gasteiger partial charge in [-0.1, -0.05) is 0 Å². The number of rotatable bonds is 0. The van der Waals surface area contributed by atoms with Crippen LogP contribution in [0.2, 0.25) is 0 Å². The smallest absolute Gasteiger partial charge is 0.0970 e. The van der Waals surface area contributed by atoms with Gasteiger partial charge in [-0.25, -0.2) is 0 Å². The second-order valence-electron chi connectivity index (χ2n) is 1.16. The normalized spacial score (nSPS) is 24.0. The van der Waals surface area contributed by atoms with E-state index in [1.165, 1.54) is 0 Å². The lowest BCUT2D eigenvalue weighted by molar-refractivity contribution is 0.0986. The van der Waals surface area contributed by atoms with Gasteiger partial charge in [0.05, 0.1) is 19.9 Å². The van der Waals surface area contributed by atoms with Crippen LogP contribution in [0.1, 0.15) is 6.42 Å². The van der Waals surface area contributed by atoms with Crippen LogP contribution in [-0.4, -0.2) is 13.3 Å². The predicted octanol–water partition coefficient (Wildman–Crippen LogP) is -0.00741. The fourth-order valence-corrected chi connectivity index (χ4v) is 0.386. The predicted molar refractivity (Wildman–Crippen MR) is 21.8 cm³/mol. The van der Waals surface area contributed by atoms with Crippen molar-refractivity contribution in [2.24, 2.45) is 0 Å². The molecule has 0 aliphatic carbocycles. The van der Waals surface area contributed by atoms with Crippen molar-refractivity contribution in [3.63, 3.8) is 0 Å². The molecule has 1 saturated heterocycles. The van der Waals surface area contributed by atoms with E-state index in [4.69, 9.17) is 4.74 Å². The van der Waals surface area contributed by atoms with E-state index in [2.05, 4.69) is 11.9 Å². The van der Waals surface area contributed by atoms with Gasteiger partial charge in [0.15, 0.2) is 0 Å². The first-order chi connectivity index (χ1) is 3.00. The number of hydrogen-bond acceptors (Lipinski definition) is 2. The Kier molecular flexibility index (Phi) is 1.47. The zero-order valence-corrected chi connectivity index (χ0v) is 3.53. The zero-order valence-electron chi connectivity index (χ0n) is 3.53. The van der Waals surface area contributed by atoms with Crippen molar-refractivity contribution < 1.29 is 4.74 Å². The van der Waals surface area contributed by atoms with Crippen LogP contribution in [0, 0.1) is 6.54 Å². The van der Waals surface area contributed by atoms with Crippen molar-refractivity contribution >= 4 is 0 Å². The van der Waals surface area contributed by atoms with E-state index < -0.39 is 0 Å². The molecule has 6 heavy (non-hydrogen) atoms. The van der Waals surface area contributed by atoms with Crippen LogP contribution in [0.4, 0.5) is 0 Å². The molecule has 2 radical (unpaired) electrons. The molecule has 0 aromatic carbocycles. The highest BCUT2D eigenvalue weighted by atomic mass is 16.5. The molecule has 0 amide bonds. The van der Waals surface area contributed by atoms with Gasteiger partial charge in [-0.2, -0.15) is 0 Å². The summed E-state index contributed by atoms with van der Waals surface area (Å²) in [6, 6.07) is 0. The summed E-state index contributed by atoms with van der Waals surface area (Å²) in [5, 5.41) is 2.81. The minimum atomic E-state index is 0.639. The zero-order chi connectivity index (χ0) is 4.24. The third kappa shape index (κ3) is 0.954. The second kappa shape index (κ2) is 2.16. The minimum absolute atomic E-state index is 0.639. The van der Waals surface area contributed by atoms with E-state index in [9.17, 15) is 0 Å². The lowest BCUT2D eigenvalue weighted by Gasteiger charge is -2.09. The summed E-state index contributed by atoms with van der Waals surface area (Å²) in [6.07, 6.45) is 0.917. The monoisotopic (exact) mass is 85.1 g/mol. The van der Waals surface area contributed by atoms with E-state index in [1.54, 1.807) is 0 Å². The molecule has 0 saturated carbocycles. The van der Waals surface area contributed by atoms with Crippen molar-refractivity contribution in [2.75, 3.05) is 13.3 Å². The van der Waals surface area contributed by atoms with E-state index in [-0.39, 0.29) is 0 Å². The van der Waals surface area contributed by atoms with E-state index in [0.29, 0.717) is 6.73 Å². The lowest BCUT2D eigenvalue weighted by Crippen LogP contribution is -2.21. The Morgan fingerprint density at radius 2 is 2.67 bits per heavy atom. The molecule has 0 atom stereocenters. The van der Waals surface area contributed by atoms with Crippen LogP contribution in [0.15, 0.2) is 0 Å². The molecule has 0 aromatic heterocycles. The standard InChI is InChI=1S/C4H7NO/c1-2-5-4-6-3-1/h5H,1,3-4H2. The summed E-state index contributed by atoms with van der Waals surface area (Å²) < 4.78 is 4.90. The Balaban J connectivity index is 2.00. The molecule has 1 heterocycles. The highest BCUT2D eigenvalue weighted by molar-refractivity contribution is 4.61. The first-order valence-corrected chi connectivity index (χ1v) is 2.03. The molecule has 1 aliphatic rings. The van der Waals surface area contributed by atoms with Gasteiger partial charge in [0, 0.05) is 0 Å². The molecule has 1 aliphatic heterocycles. The largest absolute Gasteiger partial charge is 0.366 e. The molecule has 0 bridgehead atoms. The highest BCUT2D eigenvalue weighted by Crippen LogP contribution is 1.88. The minimum Gasteiger partial charge on any atom is -0.366 e. The molecular weight excluding hydrogens is 78.1 g/mol. The maximum absolute atomic E-state index is 4.90. The summed E-state index contributed by atoms with van der Waals surface area (Å²) in [6.45, 7) is 4.38. The van der Waals surface area contributed by atoms with E-state index in [1.807, 2.05) is 0 Å². The number of ether oxygens (including phenoxy) is 1. The molecule has 34 valence electrons. The summed E-state index contributed by atoms with van der Waals surface area (Å²) >= 11 is 0. The van der Waals surface area contributed by atoms with Gasteiger partial charge in [-0.15, -0.1) is 0 Å². The van der Waals surface area contributed by atoms with E-state index >= 15 is 0 Å². The molecule has 1 fully saturated rings. The van der Waals surface area contributed by atoms with Crippen LogP contribution >= 0.6 is 0 Å². The lowest BCUT2D eigenvalue weighted by atomic mass is 10.4. The van der Waals surface area contributed by atoms with Crippen molar-refractivity contribution in [2.45, 2.75) is 6.42 Å². The van der Waals surface area contributed by atoms with Crippen LogP contribution in [0.3, 0.4) is 0 Å². The van der Waals surface area contributed by atoms with Gasteiger partial charge in [0.1, 0.15) is 0 Å². The van der Waals surface area contributed by atoms with Gasteiger partial charge in [0.2, 0.25) is 0 Å². The van der Waals surface area contributed by atoms with Crippen LogP contribution in [0.25, 0.3) is 0 Å². The maximum atomic E-state index is 4.90. The highest BCUT2D eigenvalue weighted by Gasteiger charge is 1.94. The van der Waals surface area contributed by atoms with E-state index in [0.717, 1.165) is 13.0 Å². The van der Waals surface area contributed by atoms with Crippen LogP contribution in [-0.2, 0) is 4.74 Å². The SMILES string of the molecule is [C]1CCOCN1. The van der Waals surface area contributed by atoms with Gasteiger partial charge < -0.3 is 4.74 Å². The number of hydrogen-bond donors (Lipinski definition) is 1. The Labute approximate surface area is 37.5 Å². The first-order valence-electron chi connectivity index (χ1n) is 2.03. The quantitative estimate of drug-likeness (QED) is 0.446.